The maximum atomic E-state index is 11.7. The van der Waals surface area contributed by atoms with Crippen molar-refractivity contribution in [3.8, 4) is 0 Å². The van der Waals surface area contributed by atoms with Crippen molar-refractivity contribution in [1.82, 2.24) is 15.6 Å². The average molecular weight is 334 g/mol. The minimum absolute atomic E-state index is 0.0487. The first kappa shape index (κ1) is 16.4. The number of carbonyl (C=O) groups is 3. The Morgan fingerprint density at radius 1 is 1.13 bits per heavy atom. The molecule has 0 bridgehead atoms. The Bertz CT molecular complexity index is 702. The maximum absolute atomic E-state index is 11.7. The Morgan fingerprint density at radius 2 is 1.87 bits per heavy atom. The van der Waals surface area contributed by atoms with E-state index in [9.17, 15) is 14.4 Å². The second-order valence-corrected chi connectivity index (χ2v) is 5.50. The minimum atomic E-state index is -0.965. The zero-order valence-corrected chi connectivity index (χ0v) is 12.7. The standard InChI is InChI=1S/C14H14N4O4S/c19-11(20)6-10-7-15-14(23-10)18-13(22)17-8-16-12(21)9-4-2-1-3-5-9/h1-5,7H,6,8H2,(H,16,21)(H,19,20)(H2,15,17,18,22). The highest BCUT2D eigenvalue weighted by atomic mass is 32.1. The van der Waals surface area contributed by atoms with Gasteiger partial charge in [0, 0.05) is 16.6 Å². The van der Waals surface area contributed by atoms with Gasteiger partial charge in [-0.15, -0.1) is 11.3 Å². The highest BCUT2D eigenvalue weighted by Crippen LogP contribution is 2.18. The van der Waals surface area contributed by atoms with Crippen LogP contribution in [0, 0.1) is 0 Å². The fourth-order valence-corrected chi connectivity index (χ4v) is 2.43. The lowest BCUT2D eigenvalue weighted by Gasteiger charge is -2.07. The van der Waals surface area contributed by atoms with Crippen molar-refractivity contribution in [1.29, 1.82) is 0 Å². The fourth-order valence-electron chi connectivity index (χ4n) is 1.63. The number of hydrogen-bond acceptors (Lipinski definition) is 5. The summed E-state index contributed by atoms with van der Waals surface area (Å²) in [5, 5.41) is 16.4. The molecule has 23 heavy (non-hydrogen) atoms. The molecule has 3 amide bonds. The lowest BCUT2D eigenvalue weighted by molar-refractivity contribution is -0.136. The van der Waals surface area contributed by atoms with Gasteiger partial charge in [-0.05, 0) is 12.1 Å². The van der Waals surface area contributed by atoms with Crippen molar-refractivity contribution in [2.45, 2.75) is 6.42 Å². The van der Waals surface area contributed by atoms with Crippen molar-refractivity contribution in [3.05, 3.63) is 47.0 Å². The molecule has 120 valence electrons. The molecule has 2 aromatic rings. The molecule has 4 N–H and O–H groups in total. The number of nitrogens with one attached hydrogen (secondary N) is 3. The van der Waals surface area contributed by atoms with Crippen molar-refractivity contribution in [2.24, 2.45) is 0 Å². The monoisotopic (exact) mass is 334 g/mol. The molecule has 8 nitrogen and oxygen atoms in total. The van der Waals surface area contributed by atoms with Gasteiger partial charge in [-0.3, -0.25) is 14.9 Å². The van der Waals surface area contributed by atoms with Gasteiger partial charge in [0.05, 0.1) is 13.1 Å². The number of carboxylic acid groups (broad SMARTS) is 1. The second-order valence-electron chi connectivity index (χ2n) is 4.38. The predicted molar refractivity (Wildman–Crippen MR) is 84.4 cm³/mol. The van der Waals surface area contributed by atoms with E-state index in [-0.39, 0.29) is 24.1 Å². The van der Waals surface area contributed by atoms with Crippen LogP contribution in [0.5, 0.6) is 0 Å². The topological polar surface area (TPSA) is 120 Å². The molecule has 0 unspecified atom stereocenters. The predicted octanol–water partition coefficient (Wildman–Crippen LogP) is 1.28. The van der Waals surface area contributed by atoms with Crippen LogP contribution in [0.15, 0.2) is 36.5 Å². The Morgan fingerprint density at radius 3 is 2.57 bits per heavy atom. The van der Waals surface area contributed by atoms with Crippen LogP contribution in [0.4, 0.5) is 9.93 Å². The molecule has 0 atom stereocenters. The van der Waals surface area contributed by atoms with Crippen LogP contribution < -0.4 is 16.0 Å². The SMILES string of the molecule is O=C(O)Cc1cnc(NC(=O)NCNC(=O)c2ccccc2)s1. The molecule has 0 aliphatic heterocycles. The summed E-state index contributed by atoms with van der Waals surface area (Å²) in [7, 11) is 0. The van der Waals surface area contributed by atoms with Crippen LogP contribution in [-0.2, 0) is 11.2 Å². The fraction of sp³-hybridized carbons (Fsp3) is 0.143. The average Bonchev–Trinajstić information content (AvgIpc) is 2.94. The largest absolute Gasteiger partial charge is 0.481 e. The van der Waals surface area contributed by atoms with E-state index in [2.05, 4.69) is 20.9 Å². The number of rotatable bonds is 6. The molecule has 0 radical (unpaired) electrons. The van der Waals surface area contributed by atoms with Crippen LogP contribution in [0.2, 0.25) is 0 Å². The van der Waals surface area contributed by atoms with E-state index in [0.29, 0.717) is 10.4 Å². The number of anilines is 1. The van der Waals surface area contributed by atoms with Gasteiger partial charge in [-0.2, -0.15) is 0 Å². The Balaban J connectivity index is 1.74. The third kappa shape index (κ3) is 5.40. The van der Waals surface area contributed by atoms with E-state index in [0.717, 1.165) is 11.3 Å². The molecule has 0 saturated carbocycles. The Kier molecular flexibility index (Phi) is 5.64. The molecular weight excluding hydrogens is 320 g/mol. The number of carbonyl (C=O) groups excluding carboxylic acids is 2. The molecule has 0 aliphatic rings. The molecule has 0 spiro atoms. The van der Waals surface area contributed by atoms with Crippen LogP contribution in [0.1, 0.15) is 15.2 Å². The Hall–Kier alpha value is -2.94. The smallest absolute Gasteiger partial charge is 0.322 e. The van der Waals surface area contributed by atoms with Crippen molar-refractivity contribution in [3.63, 3.8) is 0 Å². The van der Waals surface area contributed by atoms with Gasteiger partial charge in [-0.1, -0.05) is 18.2 Å². The number of nitrogens with zero attached hydrogens (tertiary/aromatic N) is 1. The summed E-state index contributed by atoms with van der Waals surface area (Å²) in [5.41, 5.74) is 0.493. The number of carboxylic acids is 1. The van der Waals surface area contributed by atoms with Gasteiger partial charge in [-0.25, -0.2) is 9.78 Å². The van der Waals surface area contributed by atoms with E-state index >= 15 is 0 Å². The van der Waals surface area contributed by atoms with Crippen molar-refractivity contribution >= 4 is 34.4 Å². The third-order valence-corrected chi connectivity index (χ3v) is 3.55. The highest BCUT2D eigenvalue weighted by molar-refractivity contribution is 7.15. The normalized spacial score (nSPS) is 9.91. The molecule has 1 aromatic heterocycles. The lowest BCUT2D eigenvalue weighted by Crippen LogP contribution is -2.39. The van der Waals surface area contributed by atoms with Gasteiger partial charge in [0.25, 0.3) is 5.91 Å². The molecule has 0 fully saturated rings. The van der Waals surface area contributed by atoms with E-state index in [1.807, 2.05) is 0 Å². The first-order valence-electron chi connectivity index (χ1n) is 6.59. The summed E-state index contributed by atoms with van der Waals surface area (Å²) >= 11 is 1.07. The molecular formula is C14H14N4O4S. The first-order valence-corrected chi connectivity index (χ1v) is 7.41. The zero-order chi connectivity index (χ0) is 16.7. The summed E-state index contributed by atoms with van der Waals surface area (Å²) in [5.74, 6) is -1.27. The molecule has 0 aliphatic carbocycles. The molecule has 0 saturated heterocycles. The summed E-state index contributed by atoms with van der Waals surface area (Å²) in [6.07, 6.45) is 1.25. The van der Waals surface area contributed by atoms with Crippen LogP contribution in [0.3, 0.4) is 0 Å². The quantitative estimate of drug-likeness (QED) is 0.593. The summed E-state index contributed by atoms with van der Waals surface area (Å²) < 4.78 is 0. The van der Waals surface area contributed by atoms with Crippen molar-refractivity contribution in [2.75, 3.05) is 12.0 Å². The minimum Gasteiger partial charge on any atom is -0.481 e. The number of aliphatic carboxylic acids is 1. The lowest BCUT2D eigenvalue weighted by atomic mass is 10.2. The third-order valence-electron chi connectivity index (χ3n) is 2.63. The molecule has 1 heterocycles. The summed E-state index contributed by atoms with van der Waals surface area (Å²) in [4.78, 5) is 38.4. The van der Waals surface area contributed by atoms with Gasteiger partial charge in [0.2, 0.25) is 0 Å². The second kappa shape index (κ2) is 7.90. The summed E-state index contributed by atoms with van der Waals surface area (Å²) in [6.45, 7) is -0.0487. The van der Waals surface area contributed by atoms with E-state index in [1.165, 1.54) is 6.20 Å². The van der Waals surface area contributed by atoms with Crippen LogP contribution >= 0.6 is 11.3 Å². The zero-order valence-electron chi connectivity index (χ0n) is 11.9. The van der Waals surface area contributed by atoms with E-state index in [4.69, 9.17) is 5.11 Å². The number of benzene rings is 1. The van der Waals surface area contributed by atoms with Gasteiger partial charge in [0.15, 0.2) is 5.13 Å². The van der Waals surface area contributed by atoms with Gasteiger partial charge >= 0.3 is 12.0 Å². The number of urea groups is 1. The number of hydrogen-bond donors (Lipinski definition) is 4. The number of aromatic nitrogens is 1. The first-order chi connectivity index (χ1) is 11.0. The maximum Gasteiger partial charge on any atom is 0.322 e. The summed E-state index contributed by atoms with van der Waals surface area (Å²) in [6, 6.07) is 8.06. The van der Waals surface area contributed by atoms with Crippen molar-refractivity contribution < 1.29 is 19.5 Å². The number of amides is 3. The highest BCUT2D eigenvalue weighted by Gasteiger charge is 2.09. The Labute approximate surface area is 135 Å². The molecule has 9 heteroatoms. The van der Waals surface area contributed by atoms with Crippen LogP contribution in [0.25, 0.3) is 0 Å². The molecule has 2 rings (SSSR count). The number of thiazole rings is 1. The van der Waals surface area contributed by atoms with Crippen LogP contribution in [-0.4, -0.2) is 34.7 Å². The van der Waals surface area contributed by atoms with E-state index in [1.54, 1.807) is 30.3 Å². The molecule has 1 aromatic carbocycles. The van der Waals surface area contributed by atoms with Gasteiger partial charge < -0.3 is 15.7 Å². The van der Waals surface area contributed by atoms with E-state index < -0.39 is 12.0 Å². The van der Waals surface area contributed by atoms with Gasteiger partial charge in [0.1, 0.15) is 0 Å².